The molecule has 3 aliphatic rings. The second-order valence-electron chi connectivity index (χ2n) is 7.71. The number of fused-ring (bicyclic) bond motifs is 1. The summed E-state index contributed by atoms with van der Waals surface area (Å²) in [6, 6.07) is 6.11. The molecule has 1 aromatic heterocycles. The number of rotatable bonds is 3. The number of anilines is 1. The third kappa shape index (κ3) is 2.78. The van der Waals surface area contributed by atoms with Crippen LogP contribution in [0.3, 0.4) is 0 Å². The number of nitrogens with zero attached hydrogens (tertiary/aromatic N) is 4. The molecule has 3 aliphatic heterocycles. The highest BCUT2D eigenvalue weighted by atomic mass is 16.5. The molecule has 0 spiro atoms. The minimum absolute atomic E-state index is 0.251. The van der Waals surface area contributed by atoms with E-state index < -0.39 is 0 Å². The predicted octanol–water partition coefficient (Wildman–Crippen LogP) is 2.20. The van der Waals surface area contributed by atoms with E-state index in [1.54, 1.807) is 0 Å². The Balaban J connectivity index is 1.52. The molecule has 3 saturated heterocycles. The Labute approximate surface area is 144 Å². The largest absolute Gasteiger partial charge is 0.380 e. The molecule has 24 heavy (non-hydrogen) atoms. The zero-order valence-electron chi connectivity index (χ0n) is 14.5. The van der Waals surface area contributed by atoms with E-state index >= 15 is 0 Å². The summed E-state index contributed by atoms with van der Waals surface area (Å²) in [4.78, 5) is 9.73. The Morgan fingerprint density at radius 1 is 1.33 bits per heavy atom. The van der Waals surface area contributed by atoms with Crippen LogP contribution in [-0.2, 0) is 4.74 Å². The summed E-state index contributed by atoms with van der Waals surface area (Å²) in [5.41, 5.74) is 1.75. The first-order valence-corrected chi connectivity index (χ1v) is 9.13. The molecule has 0 unspecified atom stereocenters. The fourth-order valence-electron chi connectivity index (χ4n) is 4.64. The van der Waals surface area contributed by atoms with Gasteiger partial charge in [0, 0.05) is 31.0 Å². The highest BCUT2D eigenvalue weighted by Gasteiger charge is 2.51. The van der Waals surface area contributed by atoms with Crippen molar-refractivity contribution in [2.45, 2.75) is 26.2 Å². The Hall–Kier alpha value is -1.64. The van der Waals surface area contributed by atoms with Crippen molar-refractivity contribution in [3.63, 3.8) is 0 Å². The standard InChI is InChI=1S/C19H26N4O/c1-15-16(9-20)5-6-18(21-15)23-10-17-11-24-14-19(17,13-23)12-22-7-3-2-4-8-22/h5-6,17H,2-4,7-8,10-14H2,1H3/t17-,19+/m1/s1. The van der Waals surface area contributed by atoms with Crippen LogP contribution >= 0.6 is 0 Å². The lowest BCUT2D eigenvalue weighted by Crippen LogP contribution is -2.45. The van der Waals surface area contributed by atoms with Crippen LogP contribution in [0.4, 0.5) is 5.82 Å². The Kier molecular flexibility index (Phi) is 4.19. The molecule has 4 heterocycles. The van der Waals surface area contributed by atoms with Gasteiger partial charge >= 0.3 is 0 Å². The van der Waals surface area contributed by atoms with Crippen LogP contribution in [0.5, 0.6) is 0 Å². The van der Waals surface area contributed by atoms with Crippen molar-refractivity contribution < 1.29 is 4.74 Å². The van der Waals surface area contributed by atoms with Gasteiger partial charge in [-0.25, -0.2) is 4.98 Å². The number of hydrogen-bond acceptors (Lipinski definition) is 5. The van der Waals surface area contributed by atoms with Gasteiger partial charge in [0.25, 0.3) is 0 Å². The Bertz CT molecular complexity index is 649. The molecule has 5 nitrogen and oxygen atoms in total. The van der Waals surface area contributed by atoms with Crippen molar-refractivity contribution in [3.05, 3.63) is 23.4 Å². The Morgan fingerprint density at radius 3 is 2.92 bits per heavy atom. The maximum atomic E-state index is 9.10. The Morgan fingerprint density at radius 2 is 2.17 bits per heavy atom. The fraction of sp³-hybridized carbons (Fsp3) is 0.684. The predicted molar refractivity (Wildman–Crippen MR) is 92.9 cm³/mol. The number of piperidine rings is 1. The van der Waals surface area contributed by atoms with E-state index in [1.807, 2.05) is 19.1 Å². The summed E-state index contributed by atoms with van der Waals surface area (Å²) in [7, 11) is 0. The van der Waals surface area contributed by atoms with Gasteiger partial charge in [0.2, 0.25) is 0 Å². The molecule has 3 fully saturated rings. The maximum absolute atomic E-state index is 9.10. The highest BCUT2D eigenvalue weighted by Crippen LogP contribution is 2.43. The molecule has 128 valence electrons. The maximum Gasteiger partial charge on any atom is 0.128 e. The van der Waals surface area contributed by atoms with Crippen molar-refractivity contribution in [2.24, 2.45) is 11.3 Å². The molecule has 0 N–H and O–H groups in total. The average molecular weight is 326 g/mol. The summed E-state index contributed by atoms with van der Waals surface area (Å²) in [5, 5.41) is 9.10. The van der Waals surface area contributed by atoms with E-state index in [1.165, 1.54) is 32.4 Å². The van der Waals surface area contributed by atoms with Gasteiger partial charge in [-0.15, -0.1) is 0 Å². The van der Waals surface area contributed by atoms with Gasteiger partial charge in [-0.3, -0.25) is 0 Å². The summed E-state index contributed by atoms with van der Waals surface area (Å²) < 4.78 is 5.88. The van der Waals surface area contributed by atoms with Gasteiger partial charge < -0.3 is 14.5 Å². The fourth-order valence-corrected chi connectivity index (χ4v) is 4.64. The van der Waals surface area contributed by atoms with E-state index in [-0.39, 0.29) is 5.41 Å². The van der Waals surface area contributed by atoms with Crippen molar-refractivity contribution in [1.29, 1.82) is 5.26 Å². The molecule has 0 saturated carbocycles. The van der Waals surface area contributed by atoms with Gasteiger partial charge in [-0.1, -0.05) is 6.42 Å². The lowest BCUT2D eigenvalue weighted by molar-refractivity contribution is 0.104. The highest BCUT2D eigenvalue weighted by molar-refractivity contribution is 5.47. The molecular weight excluding hydrogens is 300 g/mol. The van der Waals surface area contributed by atoms with Crippen LogP contribution in [0.25, 0.3) is 0 Å². The summed E-state index contributed by atoms with van der Waals surface area (Å²) in [5.74, 6) is 1.61. The number of hydrogen-bond donors (Lipinski definition) is 0. The van der Waals surface area contributed by atoms with Crippen LogP contribution in [0.15, 0.2) is 12.1 Å². The number of likely N-dealkylation sites (tertiary alicyclic amines) is 1. The van der Waals surface area contributed by atoms with Crippen molar-refractivity contribution in [3.8, 4) is 6.07 Å². The lowest BCUT2D eigenvalue weighted by Gasteiger charge is -2.36. The molecule has 0 bridgehead atoms. The number of pyridine rings is 1. The SMILES string of the molecule is Cc1nc(N2C[C@@H]3COC[C@]3(CN3CCCCC3)C2)ccc1C#N. The third-order valence-corrected chi connectivity index (χ3v) is 6.02. The minimum Gasteiger partial charge on any atom is -0.380 e. The van der Waals surface area contributed by atoms with Crippen molar-refractivity contribution in [1.82, 2.24) is 9.88 Å². The molecule has 4 rings (SSSR count). The first kappa shape index (κ1) is 15.9. The topological polar surface area (TPSA) is 52.4 Å². The van der Waals surface area contributed by atoms with E-state index in [0.717, 1.165) is 44.4 Å². The van der Waals surface area contributed by atoms with Crippen molar-refractivity contribution in [2.75, 3.05) is 50.8 Å². The van der Waals surface area contributed by atoms with Crippen molar-refractivity contribution >= 4 is 5.82 Å². The number of nitriles is 1. The molecule has 0 amide bonds. The first-order chi connectivity index (χ1) is 11.7. The molecule has 1 aromatic rings. The van der Waals surface area contributed by atoms with Crippen LogP contribution in [-0.4, -0.2) is 55.8 Å². The molecule has 0 aromatic carbocycles. The van der Waals surface area contributed by atoms with Crippen LogP contribution in [0.2, 0.25) is 0 Å². The molecule has 2 atom stereocenters. The van der Waals surface area contributed by atoms with Crippen LogP contribution in [0.1, 0.15) is 30.5 Å². The zero-order chi connectivity index (χ0) is 16.6. The normalized spacial score (nSPS) is 30.3. The summed E-state index contributed by atoms with van der Waals surface area (Å²) in [6.45, 7) is 9.35. The average Bonchev–Trinajstić information content (AvgIpc) is 3.12. The van der Waals surface area contributed by atoms with Gasteiger partial charge in [-0.2, -0.15) is 5.26 Å². The van der Waals surface area contributed by atoms with E-state index in [2.05, 4.69) is 20.9 Å². The van der Waals surface area contributed by atoms with E-state index in [0.29, 0.717) is 11.5 Å². The van der Waals surface area contributed by atoms with Gasteiger partial charge in [0.1, 0.15) is 11.9 Å². The summed E-state index contributed by atoms with van der Waals surface area (Å²) >= 11 is 0. The molecule has 0 radical (unpaired) electrons. The number of aryl methyl sites for hydroxylation is 1. The molecule has 5 heteroatoms. The smallest absolute Gasteiger partial charge is 0.128 e. The summed E-state index contributed by atoms with van der Waals surface area (Å²) in [6.07, 6.45) is 4.05. The molecular formula is C19H26N4O. The third-order valence-electron chi connectivity index (χ3n) is 6.02. The van der Waals surface area contributed by atoms with Crippen LogP contribution in [0, 0.1) is 29.6 Å². The second-order valence-corrected chi connectivity index (χ2v) is 7.71. The second kappa shape index (κ2) is 6.34. The number of ether oxygens (including phenoxy) is 1. The van der Waals surface area contributed by atoms with Gasteiger partial charge in [0.15, 0.2) is 0 Å². The minimum atomic E-state index is 0.251. The van der Waals surface area contributed by atoms with Crippen LogP contribution < -0.4 is 4.90 Å². The zero-order valence-corrected chi connectivity index (χ0v) is 14.5. The van der Waals surface area contributed by atoms with Gasteiger partial charge in [0.05, 0.1) is 24.5 Å². The monoisotopic (exact) mass is 326 g/mol. The first-order valence-electron chi connectivity index (χ1n) is 9.13. The van der Waals surface area contributed by atoms with E-state index in [4.69, 9.17) is 10.00 Å². The number of aromatic nitrogens is 1. The molecule has 0 aliphatic carbocycles. The lowest BCUT2D eigenvalue weighted by atomic mass is 9.80. The quantitative estimate of drug-likeness (QED) is 0.852. The van der Waals surface area contributed by atoms with Gasteiger partial charge in [-0.05, 0) is 45.0 Å². The van der Waals surface area contributed by atoms with E-state index in [9.17, 15) is 0 Å².